The number of aliphatic hydroxyl groups is 1. The second kappa shape index (κ2) is 38.5. The highest BCUT2D eigenvalue weighted by atomic mass is 31.2. The van der Waals surface area contributed by atoms with Crippen LogP contribution in [0.3, 0.4) is 0 Å². The number of rotatable bonds is 42. The average molecular weight is 800 g/mol. The molecule has 3 unspecified atom stereocenters. The first-order valence-electron chi connectivity index (χ1n) is 23.2. The van der Waals surface area contributed by atoms with Gasteiger partial charge in [0, 0.05) is 6.42 Å². The van der Waals surface area contributed by atoms with Crippen molar-refractivity contribution in [3.05, 3.63) is 24.3 Å². The number of phosphoric ester groups is 1. The van der Waals surface area contributed by atoms with E-state index in [2.05, 4.69) is 31.3 Å². The van der Waals surface area contributed by atoms with Gasteiger partial charge in [-0.1, -0.05) is 192 Å². The summed E-state index contributed by atoms with van der Waals surface area (Å²) in [5.41, 5.74) is 0. The highest BCUT2D eigenvalue weighted by molar-refractivity contribution is 7.47. The van der Waals surface area contributed by atoms with Gasteiger partial charge in [0.05, 0.1) is 39.9 Å². The largest absolute Gasteiger partial charge is 0.472 e. The number of carbonyl (C=O) groups is 1. The molecule has 0 bridgehead atoms. The van der Waals surface area contributed by atoms with Crippen LogP contribution < -0.4 is 5.32 Å². The van der Waals surface area contributed by atoms with Crippen molar-refractivity contribution < 1.29 is 32.9 Å². The number of unbranched alkanes of at least 4 members (excludes halogenated alkanes) is 27. The lowest BCUT2D eigenvalue weighted by Gasteiger charge is -2.25. The second-order valence-electron chi connectivity index (χ2n) is 17.1. The van der Waals surface area contributed by atoms with E-state index >= 15 is 0 Å². The molecule has 0 aliphatic carbocycles. The summed E-state index contributed by atoms with van der Waals surface area (Å²) in [5, 5.41) is 13.5. The summed E-state index contributed by atoms with van der Waals surface area (Å²) < 4.78 is 23.3. The lowest BCUT2D eigenvalue weighted by Crippen LogP contribution is -2.45. The van der Waals surface area contributed by atoms with Crippen molar-refractivity contribution in [2.24, 2.45) is 0 Å². The molecule has 0 rings (SSSR count). The molecule has 0 aromatic carbocycles. The third kappa shape index (κ3) is 41.0. The molecule has 0 spiro atoms. The number of amides is 1. The first kappa shape index (κ1) is 54.0. The quantitative estimate of drug-likeness (QED) is 0.0246. The summed E-state index contributed by atoms with van der Waals surface area (Å²) in [4.78, 5) is 22.9. The van der Waals surface area contributed by atoms with Crippen LogP contribution in [0.4, 0.5) is 0 Å². The van der Waals surface area contributed by atoms with Gasteiger partial charge >= 0.3 is 7.82 Å². The minimum Gasteiger partial charge on any atom is -0.387 e. The van der Waals surface area contributed by atoms with Gasteiger partial charge in [0.1, 0.15) is 13.2 Å². The van der Waals surface area contributed by atoms with Crippen molar-refractivity contribution in [1.29, 1.82) is 0 Å². The fourth-order valence-corrected chi connectivity index (χ4v) is 7.41. The van der Waals surface area contributed by atoms with Gasteiger partial charge in [0.25, 0.3) is 0 Å². The van der Waals surface area contributed by atoms with E-state index < -0.39 is 20.0 Å². The number of hydrogen-bond acceptors (Lipinski definition) is 5. The number of nitrogens with zero attached hydrogens (tertiary/aromatic N) is 1. The van der Waals surface area contributed by atoms with Gasteiger partial charge < -0.3 is 19.8 Å². The fraction of sp³-hybridized carbons (Fsp3) is 0.891. The number of allylic oxidation sites excluding steroid dienone is 3. The maximum absolute atomic E-state index is 12.7. The summed E-state index contributed by atoms with van der Waals surface area (Å²) in [6.45, 7) is 4.67. The third-order valence-electron chi connectivity index (χ3n) is 10.4. The van der Waals surface area contributed by atoms with Crippen LogP contribution in [0.15, 0.2) is 24.3 Å². The lowest BCUT2D eigenvalue weighted by molar-refractivity contribution is -0.870. The zero-order chi connectivity index (χ0) is 40.7. The van der Waals surface area contributed by atoms with Crippen LogP contribution in [-0.4, -0.2) is 73.4 Å². The number of aliphatic hydroxyl groups excluding tert-OH is 1. The van der Waals surface area contributed by atoms with Gasteiger partial charge in [-0.3, -0.25) is 13.8 Å². The Morgan fingerprint density at radius 2 is 1.00 bits per heavy atom. The molecule has 0 saturated heterocycles. The molecule has 55 heavy (non-hydrogen) atoms. The molecule has 0 aliphatic heterocycles. The van der Waals surface area contributed by atoms with Crippen LogP contribution >= 0.6 is 7.82 Å². The molecule has 9 heteroatoms. The van der Waals surface area contributed by atoms with Crippen molar-refractivity contribution >= 4 is 13.7 Å². The van der Waals surface area contributed by atoms with Crippen molar-refractivity contribution in [2.75, 3.05) is 40.9 Å². The predicted molar refractivity (Wildman–Crippen MR) is 235 cm³/mol. The number of hydrogen-bond donors (Lipinski definition) is 3. The summed E-state index contributed by atoms with van der Waals surface area (Å²) in [6.07, 6.45) is 46.2. The van der Waals surface area contributed by atoms with Gasteiger partial charge in [-0.2, -0.15) is 0 Å². The van der Waals surface area contributed by atoms with Crippen LogP contribution in [0.2, 0.25) is 0 Å². The molecular formula is C46H92N2O6P+. The average Bonchev–Trinajstić information content (AvgIpc) is 3.13. The van der Waals surface area contributed by atoms with Gasteiger partial charge in [-0.25, -0.2) is 4.57 Å². The number of quaternary nitrogens is 1. The zero-order valence-corrected chi connectivity index (χ0v) is 37.8. The number of likely N-dealkylation sites (N-methyl/N-ethyl adjacent to an activating group) is 1. The Hall–Kier alpha value is -1.02. The van der Waals surface area contributed by atoms with E-state index in [-0.39, 0.29) is 19.1 Å². The van der Waals surface area contributed by atoms with Gasteiger partial charge in [0.15, 0.2) is 0 Å². The molecule has 8 nitrogen and oxygen atoms in total. The van der Waals surface area contributed by atoms with Crippen LogP contribution in [0.1, 0.15) is 213 Å². The minimum atomic E-state index is -4.31. The van der Waals surface area contributed by atoms with Crippen molar-refractivity contribution in [1.82, 2.24) is 5.32 Å². The normalized spacial score (nSPS) is 14.5. The molecule has 0 saturated carbocycles. The fourth-order valence-electron chi connectivity index (χ4n) is 6.67. The Bertz CT molecular complexity index is 953. The van der Waals surface area contributed by atoms with Crippen molar-refractivity contribution in [3.8, 4) is 0 Å². The Labute approximate surface area is 341 Å². The molecule has 3 N–H and O–H groups in total. The van der Waals surface area contributed by atoms with E-state index in [1.54, 1.807) is 6.08 Å². The van der Waals surface area contributed by atoms with Crippen molar-refractivity contribution in [3.63, 3.8) is 0 Å². The van der Waals surface area contributed by atoms with E-state index in [1.165, 1.54) is 154 Å². The van der Waals surface area contributed by atoms with E-state index in [4.69, 9.17) is 9.05 Å². The van der Waals surface area contributed by atoms with E-state index in [9.17, 15) is 19.4 Å². The van der Waals surface area contributed by atoms with Gasteiger partial charge in [-0.15, -0.1) is 0 Å². The number of nitrogens with one attached hydrogen (secondary N) is 1. The lowest BCUT2D eigenvalue weighted by atomic mass is 10.0. The third-order valence-corrected chi connectivity index (χ3v) is 11.4. The molecule has 0 aromatic heterocycles. The van der Waals surface area contributed by atoms with E-state index in [0.29, 0.717) is 17.4 Å². The Balaban J connectivity index is 3.82. The van der Waals surface area contributed by atoms with Gasteiger partial charge in [-0.05, 0) is 38.5 Å². The van der Waals surface area contributed by atoms with Crippen LogP contribution in [-0.2, 0) is 18.4 Å². The van der Waals surface area contributed by atoms with Gasteiger partial charge in [0.2, 0.25) is 5.91 Å². The van der Waals surface area contributed by atoms with E-state index in [0.717, 1.165) is 38.5 Å². The number of phosphoric acid groups is 1. The Morgan fingerprint density at radius 1 is 0.600 bits per heavy atom. The molecule has 0 fully saturated rings. The molecule has 1 amide bonds. The Kier molecular flexibility index (Phi) is 37.8. The predicted octanol–water partition coefficient (Wildman–Crippen LogP) is 12.9. The summed E-state index contributed by atoms with van der Waals surface area (Å²) in [5.74, 6) is -0.184. The standard InChI is InChI=1S/C46H91N2O6P/c1-6-8-10-12-13-14-15-16-17-18-19-20-21-22-23-24-25-26-27-28-29-30-31-32-33-34-35-36-38-40-46(50)47-44(45(49)39-37-11-9-7-2)43-54-55(51,52)53-42-41-48(3,4)5/h18-19,37,39,44-45,49H,6-17,20-36,38,40-43H2,1-5H3,(H-,47,50,51,52)/p+1/b19-18-,39-37+. The summed E-state index contributed by atoms with van der Waals surface area (Å²) in [6, 6.07) is -0.838. The molecule has 0 heterocycles. The monoisotopic (exact) mass is 800 g/mol. The van der Waals surface area contributed by atoms with Crippen molar-refractivity contribution in [2.45, 2.75) is 225 Å². The molecule has 326 valence electrons. The first-order valence-corrected chi connectivity index (χ1v) is 24.7. The topological polar surface area (TPSA) is 105 Å². The van der Waals surface area contributed by atoms with E-state index in [1.807, 2.05) is 27.2 Å². The molecule has 0 aromatic rings. The van der Waals surface area contributed by atoms with Crippen LogP contribution in [0, 0.1) is 0 Å². The summed E-state index contributed by atoms with van der Waals surface area (Å²) in [7, 11) is 1.57. The smallest absolute Gasteiger partial charge is 0.387 e. The minimum absolute atomic E-state index is 0.0617. The Morgan fingerprint density at radius 3 is 1.44 bits per heavy atom. The summed E-state index contributed by atoms with van der Waals surface area (Å²) >= 11 is 0. The SMILES string of the molecule is CCCC/C=C/C(O)C(COP(=O)(O)OCC[N+](C)(C)C)NC(=O)CCCCCCCCCCCCCCCCCCC/C=C\CCCCCCCCCC. The zero-order valence-electron chi connectivity index (χ0n) is 36.9. The molecule has 0 radical (unpaired) electrons. The maximum Gasteiger partial charge on any atom is 0.472 e. The molecule has 0 aliphatic rings. The second-order valence-corrected chi connectivity index (χ2v) is 18.6. The first-order chi connectivity index (χ1) is 26.5. The number of carbonyl (C=O) groups excluding carboxylic acids is 1. The van der Waals surface area contributed by atoms with Crippen LogP contribution in [0.5, 0.6) is 0 Å². The molecule has 3 atom stereocenters. The maximum atomic E-state index is 12.7. The highest BCUT2D eigenvalue weighted by Crippen LogP contribution is 2.43. The highest BCUT2D eigenvalue weighted by Gasteiger charge is 2.27. The molecular weight excluding hydrogens is 707 g/mol. The van der Waals surface area contributed by atoms with Crippen LogP contribution in [0.25, 0.3) is 0 Å².